The molecule has 0 aliphatic heterocycles. The van der Waals surface area contributed by atoms with Crippen LogP contribution in [0.15, 0.2) is 45.8 Å². The molecule has 0 bridgehead atoms. The van der Waals surface area contributed by atoms with Crippen LogP contribution in [0.1, 0.15) is 10.4 Å². The highest BCUT2D eigenvalue weighted by Crippen LogP contribution is 2.36. The van der Waals surface area contributed by atoms with Crippen LogP contribution in [0.2, 0.25) is 0 Å². The summed E-state index contributed by atoms with van der Waals surface area (Å²) in [5.41, 5.74) is 0.757. The monoisotopic (exact) mass is 428 g/mol. The number of amides is 1. The molecule has 134 valence electrons. The first-order valence-electron chi connectivity index (χ1n) is 7.09. The van der Waals surface area contributed by atoms with Crippen molar-refractivity contribution in [2.75, 3.05) is 26.0 Å². The van der Waals surface area contributed by atoms with Gasteiger partial charge in [-0.2, -0.15) is 0 Å². The third kappa shape index (κ3) is 4.23. The van der Waals surface area contributed by atoms with E-state index in [0.29, 0.717) is 27.2 Å². The Labute approximate surface area is 154 Å². The number of ether oxygens (including phenoxy) is 2. The third-order valence-corrected chi connectivity index (χ3v) is 5.69. The Morgan fingerprint density at radius 2 is 1.60 bits per heavy atom. The molecule has 2 N–H and O–H groups in total. The van der Waals surface area contributed by atoms with Gasteiger partial charge in [-0.25, -0.2) is 8.42 Å². The summed E-state index contributed by atoms with van der Waals surface area (Å²) in [6.45, 7) is 0. The standard InChI is InChI=1S/C16H17BrN2O5S/c1-18-16(20)10-4-6-11(7-5-10)19-25(21,22)15-9-14(24-3)13(23-2)8-12(15)17/h4-9,19H,1-3H3,(H,18,20). The van der Waals surface area contributed by atoms with Crippen LogP contribution in [-0.2, 0) is 10.0 Å². The van der Waals surface area contributed by atoms with Crippen LogP contribution in [0.4, 0.5) is 5.69 Å². The lowest BCUT2D eigenvalue weighted by Crippen LogP contribution is -2.18. The van der Waals surface area contributed by atoms with Crippen LogP contribution in [0, 0.1) is 0 Å². The zero-order valence-electron chi connectivity index (χ0n) is 13.8. The molecule has 25 heavy (non-hydrogen) atoms. The second-order valence-electron chi connectivity index (χ2n) is 4.90. The third-order valence-electron chi connectivity index (χ3n) is 3.35. The van der Waals surface area contributed by atoms with E-state index in [9.17, 15) is 13.2 Å². The summed E-state index contributed by atoms with van der Waals surface area (Å²) in [4.78, 5) is 11.5. The Morgan fingerprint density at radius 1 is 1.04 bits per heavy atom. The van der Waals surface area contributed by atoms with Gasteiger partial charge in [-0.3, -0.25) is 9.52 Å². The van der Waals surface area contributed by atoms with Crippen LogP contribution in [0.25, 0.3) is 0 Å². The predicted molar refractivity (Wildman–Crippen MR) is 97.9 cm³/mol. The minimum atomic E-state index is -3.87. The number of anilines is 1. The van der Waals surface area contributed by atoms with Gasteiger partial charge in [0.25, 0.3) is 15.9 Å². The van der Waals surface area contributed by atoms with Crippen LogP contribution in [0.5, 0.6) is 11.5 Å². The van der Waals surface area contributed by atoms with E-state index in [0.717, 1.165) is 0 Å². The molecule has 0 saturated heterocycles. The fourth-order valence-corrected chi connectivity index (χ4v) is 4.18. The highest BCUT2D eigenvalue weighted by atomic mass is 79.9. The van der Waals surface area contributed by atoms with Crippen molar-refractivity contribution in [2.24, 2.45) is 0 Å². The fourth-order valence-electron chi connectivity index (χ4n) is 2.09. The molecular weight excluding hydrogens is 412 g/mol. The normalized spacial score (nSPS) is 10.9. The molecule has 0 heterocycles. The minimum absolute atomic E-state index is 0.000489. The van der Waals surface area contributed by atoms with Crippen molar-refractivity contribution < 1.29 is 22.7 Å². The Bertz CT molecular complexity index is 882. The zero-order valence-corrected chi connectivity index (χ0v) is 16.2. The number of rotatable bonds is 6. The minimum Gasteiger partial charge on any atom is -0.493 e. The van der Waals surface area contributed by atoms with Gasteiger partial charge in [-0.05, 0) is 46.3 Å². The second kappa shape index (κ2) is 7.75. The lowest BCUT2D eigenvalue weighted by Gasteiger charge is -2.13. The molecule has 7 nitrogen and oxygen atoms in total. The van der Waals surface area contributed by atoms with E-state index in [2.05, 4.69) is 26.0 Å². The summed E-state index contributed by atoms with van der Waals surface area (Å²) in [6.07, 6.45) is 0. The molecular formula is C16H17BrN2O5S. The molecule has 0 aromatic heterocycles. The van der Waals surface area contributed by atoms with E-state index >= 15 is 0 Å². The van der Waals surface area contributed by atoms with Crippen LogP contribution >= 0.6 is 15.9 Å². The highest BCUT2D eigenvalue weighted by molar-refractivity contribution is 9.10. The first-order valence-corrected chi connectivity index (χ1v) is 9.36. The molecule has 0 aliphatic rings. The maximum atomic E-state index is 12.6. The molecule has 0 unspecified atom stereocenters. The summed E-state index contributed by atoms with van der Waals surface area (Å²) in [5, 5.41) is 2.50. The molecule has 2 rings (SSSR count). The summed E-state index contributed by atoms with van der Waals surface area (Å²) in [7, 11) is 0.535. The van der Waals surface area contributed by atoms with Crippen LogP contribution in [0.3, 0.4) is 0 Å². The fraction of sp³-hybridized carbons (Fsp3) is 0.188. The topological polar surface area (TPSA) is 93.7 Å². The smallest absolute Gasteiger partial charge is 0.263 e. The summed E-state index contributed by atoms with van der Waals surface area (Å²) in [6, 6.07) is 8.96. The van der Waals surface area contributed by atoms with Crippen molar-refractivity contribution in [3.05, 3.63) is 46.4 Å². The number of methoxy groups -OCH3 is 2. The molecule has 2 aromatic rings. The quantitative estimate of drug-likeness (QED) is 0.737. The molecule has 1 amide bonds. The first kappa shape index (κ1) is 19.1. The summed E-state index contributed by atoms with van der Waals surface area (Å²) >= 11 is 3.23. The van der Waals surface area contributed by atoms with Gasteiger partial charge in [0.2, 0.25) is 0 Å². The van der Waals surface area contributed by atoms with Crippen molar-refractivity contribution in [2.45, 2.75) is 4.90 Å². The Kier molecular flexibility index (Phi) is 5.91. The van der Waals surface area contributed by atoms with Gasteiger partial charge in [-0.1, -0.05) is 0 Å². The number of hydrogen-bond donors (Lipinski definition) is 2. The van der Waals surface area contributed by atoms with E-state index in [1.54, 1.807) is 0 Å². The molecule has 0 fully saturated rings. The van der Waals surface area contributed by atoms with Gasteiger partial charge >= 0.3 is 0 Å². The molecule has 9 heteroatoms. The SMILES string of the molecule is CNC(=O)c1ccc(NS(=O)(=O)c2cc(OC)c(OC)cc2Br)cc1. The van der Waals surface area contributed by atoms with Crippen LogP contribution in [-0.4, -0.2) is 35.6 Å². The molecule has 0 saturated carbocycles. The van der Waals surface area contributed by atoms with Gasteiger partial charge in [0, 0.05) is 28.8 Å². The average Bonchev–Trinajstić information content (AvgIpc) is 2.60. The number of hydrogen-bond acceptors (Lipinski definition) is 5. The van der Waals surface area contributed by atoms with E-state index in [1.807, 2.05) is 0 Å². The number of carbonyl (C=O) groups is 1. The molecule has 2 aromatic carbocycles. The van der Waals surface area contributed by atoms with Gasteiger partial charge in [-0.15, -0.1) is 0 Å². The number of benzene rings is 2. The van der Waals surface area contributed by atoms with Crippen molar-refractivity contribution in [3.63, 3.8) is 0 Å². The lowest BCUT2D eigenvalue weighted by atomic mass is 10.2. The van der Waals surface area contributed by atoms with Crippen molar-refractivity contribution in [1.82, 2.24) is 5.32 Å². The Balaban J connectivity index is 2.35. The van der Waals surface area contributed by atoms with Crippen molar-refractivity contribution >= 4 is 37.5 Å². The maximum Gasteiger partial charge on any atom is 0.263 e. The molecule has 0 spiro atoms. The first-order chi connectivity index (χ1) is 11.8. The van der Waals surface area contributed by atoms with Gasteiger partial charge in [0.1, 0.15) is 4.90 Å². The Hall–Kier alpha value is -2.26. The summed E-state index contributed by atoms with van der Waals surface area (Å²) in [5.74, 6) is 0.446. The largest absolute Gasteiger partial charge is 0.493 e. The van der Waals surface area contributed by atoms with E-state index < -0.39 is 10.0 Å². The number of carbonyl (C=O) groups excluding carboxylic acids is 1. The van der Waals surface area contributed by atoms with E-state index in [1.165, 1.54) is 57.7 Å². The Morgan fingerprint density at radius 3 is 2.12 bits per heavy atom. The van der Waals surface area contributed by atoms with E-state index in [4.69, 9.17) is 9.47 Å². The summed E-state index contributed by atoms with van der Waals surface area (Å²) < 4.78 is 38.4. The van der Waals surface area contributed by atoms with Crippen LogP contribution < -0.4 is 19.5 Å². The average molecular weight is 429 g/mol. The van der Waals surface area contributed by atoms with Gasteiger partial charge in [0.15, 0.2) is 11.5 Å². The second-order valence-corrected chi connectivity index (χ2v) is 7.40. The number of sulfonamides is 1. The predicted octanol–water partition coefficient (Wildman–Crippen LogP) is 2.63. The number of halogens is 1. The van der Waals surface area contributed by atoms with Crippen molar-refractivity contribution in [1.29, 1.82) is 0 Å². The molecule has 0 radical (unpaired) electrons. The molecule has 0 atom stereocenters. The zero-order chi connectivity index (χ0) is 18.6. The number of nitrogens with one attached hydrogen (secondary N) is 2. The molecule has 0 aliphatic carbocycles. The maximum absolute atomic E-state index is 12.6. The van der Waals surface area contributed by atoms with E-state index in [-0.39, 0.29) is 10.8 Å². The van der Waals surface area contributed by atoms with Crippen molar-refractivity contribution in [3.8, 4) is 11.5 Å². The van der Waals surface area contributed by atoms with Gasteiger partial charge in [0.05, 0.1) is 14.2 Å². The lowest BCUT2D eigenvalue weighted by molar-refractivity contribution is 0.0963. The highest BCUT2D eigenvalue weighted by Gasteiger charge is 2.21. The van der Waals surface area contributed by atoms with Gasteiger partial charge < -0.3 is 14.8 Å².